The monoisotopic (exact) mass is 276 g/mol. The molecule has 102 valence electrons. The standard InChI is InChI=1S/C16H12N4O/c21-16(11-4-5-13-10(8-11)6-7-17-13)19-14-2-1-3-15-12(14)9-18-20-15/h1-9,17H,(H,18,20)(H,19,21). The number of anilines is 1. The van der Waals surface area contributed by atoms with E-state index in [2.05, 4.69) is 20.5 Å². The first kappa shape index (κ1) is 11.7. The van der Waals surface area contributed by atoms with Gasteiger partial charge in [0.05, 0.1) is 17.4 Å². The number of amides is 1. The van der Waals surface area contributed by atoms with E-state index in [0.717, 1.165) is 27.5 Å². The van der Waals surface area contributed by atoms with Gasteiger partial charge in [-0.05, 0) is 36.4 Å². The second-order valence-corrected chi connectivity index (χ2v) is 4.87. The van der Waals surface area contributed by atoms with Crippen molar-refractivity contribution < 1.29 is 4.79 Å². The number of hydrogen-bond acceptors (Lipinski definition) is 2. The van der Waals surface area contributed by atoms with Crippen LogP contribution in [0.25, 0.3) is 21.8 Å². The van der Waals surface area contributed by atoms with Gasteiger partial charge in [-0.1, -0.05) is 6.07 Å². The van der Waals surface area contributed by atoms with E-state index in [0.29, 0.717) is 5.56 Å². The second-order valence-electron chi connectivity index (χ2n) is 4.87. The van der Waals surface area contributed by atoms with Crippen molar-refractivity contribution in [1.82, 2.24) is 15.2 Å². The average molecular weight is 276 g/mol. The van der Waals surface area contributed by atoms with Gasteiger partial charge in [-0.2, -0.15) is 5.10 Å². The first-order valence-electron chi connectivity index (χ1n) is 6.62. The molecule has 0 atom stereocenters. The summed E-state index contributed by atoms with van der Waals surface area (Å²) < 4.78 is 0. The normalized spacial score (nSPS) is 11.0. The molecule has 4 aromatic rings. The van der Waals surface area contributed by atoms with E-state index in [1.807, 2.05) is 48.7 Å². The molecule has 0 spiro atoms. The van der Waals surface area contributed by atoms with Crippen LogP contribution in [0, 0.1) is 0 Å². The fourth-order valence-corrected chi connectivity index (χ4v) is 2.47. The van der Waals surface area contributed by atoms with E-state index in [4.69, 9.17) is 0 Å². The summed E-state index contributed by atoms with van der Waals surface area (Å²) in [5, 5.41) is 11.7. The zero-order valence-electron chi connectivity index (χ0n) is 11.1. The lowest BCUT2D eigenvalue weighted by Gasteiger charge is -2.06. The molecule has 0 saturated heterocycles. The number of nitrogens with zero attached hydrogens (tertiary/aromatic N) is 1. The third-order valence-corrected chi connectivity index (χ3v) is 3.55. The Morgan fingerprint density at radius 3 is 3.00 bits per heavy atom. The quantitative estimate of drug-likeness (QED) is 0.525. The number of aromatic nitrogens is 3. The van der Waals surface area contributed by atoms with Gasteiger partial charge in [-0.3, -0.25) is 9.89 Å². The Balaban J connectivity index is 1.70. The van der Waals surface area contributed by atoms with Gasteiger partial charge in [0.15, 0.2) is 0 Å². The van der Waals surface area contributed by atoms with Crippen LogP contribution in [0.2, 0.25) is 0 Å². The van der Waals surface area contributed by atoms with Crippen molar-refractivity contribution in [2.75, 3.05) is 5.32 Å². The second kappa shape index (κ2) is 4.49. The molecule has 2 heterocycles. The third-order valence-electron chi connectivity index (χ3n) is 3.55. The number of benzene rings is 2. The maximum Gasteiger partial charge on any atom is 0.255 e. The van der Waals surface area contributed by atoms with E-state index >= 15 is 0 Å². The van der Waals surface area contributed by atoms with Crippen molar-refractivity contribution in [3.8, 4) is 0 Å². The molecule has 0 bridgehead atoms. The highest BCUT2D eigenvalue weighted by Gasteiger charge is 2.10. The number of fused-ring (bicyclic) bond motifs is 2. The predicted octanol–water partition coefficient (Wildman–Crippen LogP) is 3.30. The van der Waals surface area contributed by atoms with Crippen LogP contribution in [-0.2, 0) is 0 Å². The van der Waals surface area contributed by atoms with Crippen molar-refractivity contribution >= 4 is 33.4 Å². The van der Waals surface area contributed by atoms with Gasteiger partial charge in [0, 0.05) is 28.0 Å². The molecule has 5 heteroatoms. The van der Waals surface area contributed by atoms with Gasteiger partial charge >= 0.3 is 0 Å². The number of nitrogens with one attached hydrogen (secondary N) is 3. The van der Waals surface area contributed by atoms with Gasteiger partial charge < -0.3 is 10.3 Å². The Bertz CT molecular complexity index is 951. The van der Waals surface area contributed by atoms with Gasteiger partial charge in [0.1, 0.15) is 0 Å². The highest BCUT2D eigenvalue weighted by atomic mass is 16.1. The number of H-pyrrole nitrogens is 2. The molecule has 0 saturated carbocycles. The lowest BCUT2D eigenvalue weighted by Crippen LogP contribution is -2.11. The molecule has 1 amide bonds. The Morgan fingerprint density at radius 2 is 2.05 bits per heavy atom. The number of rotatable bonds is 2. The first-order chi connectivity index (χ1) is 10.3. The summed E-state index contributed by atoms with van der Waals surface area (Å²) in [5.41, 5.74) is 3.29. The molecular weight excluding hydrogens is 264 g/mol. The van der Waals surface area contributed by atoms with Gasteiger partial charge in [-0.25, -0.2) is 0 Å². The molecule has 0 aliphatic carbocycles. The highest BCUT2D eigenvalue weighted by Crippen LogP contribution is 2.22. The molecule has 5 nitrogen and oxygen atoms in total. The fourth-order valence-electron chi connectivity index (χ4n) is 2.47. The minimum absolute atomic E-state index is 0.133. The molecule has 4 rings (SSSR count). The third kappa shape index (κ3) is 1.95. The van der Waals surface area contributed by atoms with Crippen LogP contribution in [0.1, 0.15) is 10.4 Å². The largest absolute Gasteiger partial charge is 0.361 e. The zero-order valence-corrected chi connectivity index (χ0v) is 11.1. The Labute approximate surface area is 120 Å². The Kier molecular flexibility index (Phi) is 2.50. The van der Waals surface area contributed by atoms with Crippen LogP contribution < -0.4 is 5.32 Å². The van der Waals surface area contributed by atoms with Crippen LogP contribution in [0.15, 0.2) is 54.9 Å². The summed E-state index contributed by atoms with van der Waals surface area (Å²) in [4.78, 5) is 15.5. The van der Waals surface area contributed by atoms with Crippen molar-refractivity contribution in [3.05, 3.63) is 60.4 Å². The summed E-state index contributed by atoms with van der Waals surface area (Å²) in [7, 11) is 0. The summed E-state index contributed by atoms with van der Waals surface area (Å²) >= 11 is 0. The summed E-state index contributed by atoms with van der Waals surface area (Å²) in [6, 6.07) is 13.2. The molecule has 2 aromatic carbocycles. The smallest absolute Gasteiger partial charge is 0.255 e. The molecular formula is C16H12N4O. The van der Waals surface area contributed by atoms with E-state index < -0.39 is 0 Å². The molecule has 0 fully saturated rings. The van der Waals surface area contributed by atoms with Gasteiger partial charge in [-0.15, -0.1) is 0 Å². The van der Waals surface area contributed by atoms with Crippen LogP contribution in [0.3, 0.4) is 0 Å². The Hall–Kier alpha value is -3.08. The number of hydrogen-bond donors (Lipinski definition) is 3. The van der Waals surface area contributed by atoms with Crippen molar-refractivity contribution in [1.29, 1.82) is 0 Å². The maximum atomic E-state index is 12.4. The number of aromatic amines is 2. The SMILES string of the molecule is O=C(Nc1cccc2[nH]ncc12)c1ccc2[nH]ccc2c1. The lowest BCUT2D eigenvalue weighted by molar-refractivity contribution is 0.102. The highest BCUT2D eigenvalue weighted by molar-refractivity contribution is 6.09. The van der Waals surface area contributed by atoms with Crippen LogP contribution in [-0.4, -0.2) is 21.1 Å². The van der Waals surface area contributed by atoms with Crippen molar-refractivity contribution in [3.63, 3.8) is 0 Å². The van der Waals surface area contributed by atoms with Crippen molar-refractivity contribution in [2.45, 2.75) is 0 Å². The molecule has 2 aromatic heterocycles. The molecule has 0 aliphatic heterocycles. The molecule has 3 N–H and O–H groups in total. The Morgan fingerprint density at radius 1 is 1.10 bits per heavy atom. The minimum atomic E-state index is -0.133. The number of carbonyl (C=O) groups excluding carboxylic acids is 1. The van der Waals surface area contributed by atoms with E-state index in [1.54, 1.807) is 6.20 Å². The number of carbonyl (C=O) groups is 1. The van der Waals surface area contributed by atoms with Crippen LogP contribution in [0.5, 0.6) is 0 Å². The lowest BCUT2D eigenvalue weighted by atomic mass is 10.1. The van der Waals surface area contributed by atoms with E-state index in [9.17, 15) is 4.79 Å². The van der Waals surface area contributed by atoms with E-state index in [1.165, 1.54) is 0 Å². The topological polar surface area (TPSA) is 73.6 Å². The first-order valence-corrected chi connectivity index (χ1v) is 6.62. The minimum Gasteiger partial charge on any atom is -0.361 e. The molecule has 0 radical (unpaired) electrons. The summed E-state index contributed by atoms with van der Waals surface area (Å²) in [5.74, 6) is -0.133. The summed E-state index contributed by atoms with van der Waals surface area (Å²) in [6.45, 7) is 0. The van der Waals surface area contributed by atoms with Crippen molar-refractivity contribution in [2.24, 2.45) is 0 Å². The molecule has 0 aliphatic rings. The summed E-state index contributed by atoms with van der Waals surface area (Å²) in [6.07, 6.45) is 3.57. The fraction of sp³-hybridized carbons (Fsp3) is 0. The average Bonchev–Trinajstić information content (AvgIpc) is 3.15. The van der Waals surface area contributed by atoms with Crippen LogP contribution in [0.4, 0.5) is 5.69 Å². The zero-order chi connectivity index (χ0) is 14.2. The molecule has 0 unspecified atom stereocenters. The van der Waals surface area contributed by atoms with E-state index in [-0.39, 0.29) is 5.91 Å². The predicted molar refractivity (Wildman–Crippen MR) is 82.3 cm³/mol. The maximum absolute atomic E-state index is 12.4. The molecule has 21 heavy (non-hydrogen) atoms. The van der Waals surface area contributed by atoms with Gasteiger partial charge in [0.25, 0.3) is 5.91 Å². The van der Waals surface area contributed by atoms with Crippen LogP contribution >= 0.6 is 0 Å². The van der Waals surface area contributed by atoms with Gasteiger partial charge in [0.2, 0.25) is 0 Å².